The van der Waals surface area contributed by atoms with Gasteiger partial charge < -0.3 is 10.1 Å². The zero-order valence-corrected chi connectivity index (χ0v) is 14.4. The van der Waals surface area contributed by atoms with E-state index in [1.54, 1.807) is 7.11 Å². The number of ether oxygens (including phenoxy) is 1. The highest BCUT2D eigenvalue weighted by Crippen LogP contribution is 2.26. The van der Waals surface area contributed by atoms with Crippen molar-refractivity contribution in [3.63, 3.8) is 0 Å². The number of benzene rings is 1. The van der Waals surface area contributed by atoms with E-state index in [0.717, 1.165) is 28.3 Å². The van der Waals surface area contributed by atoms with Crippen molar-refractivity contribution in [1.82, 2.24) is 15.5 Å². The van der Waals surface area contributed by atoms with Gasteiger partial charge in [0.05, 0.1) is 18.8 Å². The normalized spacial score (nSPS) is 13.4. The Morgan fingerprint density at radius 3 is 2.61 bits per heavy atom. The van der Waals surface area contributed by atoms with Gasteiger partial charge in [-0.25, -0.2) is 0 Å². The van der Waals surface area contributed by atoms with Crippen LogP contribution in [0.5, 0.6) is 5.75 Å². The lowest BCUT2D eigenvalue weighted by atomic mass is 9.95. The van der Waals surface area contributed by atoms with Crippen molar-refractivity contribution in [2.24, 2.45) is 0 Å². The lowest BCUT2D eigenvalue weighted by molar-refractivity contribution is -0.122. The molecule has 124 valence electrons. The molecule has 5 nitrogen and oxygen atoms in total. The van der Waals surface area contributed by atoms with E-state index < -0.39 is 0 Å². The van der Waals surface area contributed by atoms with Crippen molar-refractivity contribution in [2.45, 2.75) is 46.1 Å². The molecule has 0 spiro atoms. The Morgan fingerprint density at radius 1 is 1.30 bits per heavy atom. The number of carbonyl (C=O) groups excluding carboxylic acids is 1. The Labute approximate surface area is 137 Å². The zero-order chi connectivity index (χ0) is 17.0. The highest BCUT2D eigenvalue weighted by atomic mass is 16.5. The largest absolute Gasteiger partial charge is 0.496 e. The number of hydrogen-bond donors (Lipinski definition) is 2. The molecular formula is C18H25N3O2. The van der Waals surface area contributed by atoms with Gasteiger partial charge in [0.1, 0.15) is 5.75 Å². The number of aryl methyl sites for hydroxylation is 2. The number of methoxy groups -OCH3 is 1. The van der Waals surface area contributed by atoms with E-state index in [0.29, 0.717) is 6.42 Å². The van der Waals surface area contributed by atoms with Crippen LogP contribution in [0.2, 0.25) is 0 Å². The number of rotatable bonds is 6. The molecule has 0 bridgehead atoms. The highest BCUT2D eigenvalue weighted by Gasteiger charge is 2.19. The Hall–Kier alpha value is -2.30. The number of aromatic nitrogens is 2. The number of nitrogens with zero attached hydrogens (tertiary/aromatic N) is 1. The van der Waals surface area contributed by atoms with Crippen LogP contribution in [0.4, 0.5) is 0 Å². The van der Waals surface area contributed by atoms with Gasteiger partial charge in [-0.05, 0) is 38.3 Å². The van der Waals surface area contributed by atoms with Gasteiger partial charge in [-0.15, -0.1) is 0 Å². The second-order valence-electron chi connectivity index (χ2n) is 5.98. The predicted molar refractivity (Wildman–Crippen MR) is 90.6 cm³/mol. The Kier molecular flexibility index (Phi) is 5.42. The molecule has 1 amide bonds. The van der Waals surface area contributed by atoms with E-state index in [2.05, 4.69) is 22.4 Å². The fourth-order valence-electron chi connectivity index (χ4n) is 3.07. The molecule has 23 heavy (non-hydrogen) atoms. The lowest BCUT2D eigenvalue weighted by Gasteiger charge is -2.19. The number of H-pyrrole nitrogens is 1. The standard InChI is InChI=1S/C18H25N3O2/c1-11(18-13(3)20-21-14(18)4)10-17(22)19-12(2)15-8-6-7-9-16(15)23-5/h6-9,11-12H,10H2,1-5H3,(H,19,22)(H,20,21)/t11-,12+/m1/s1. The second kappa shape index (κ2) is 7.31. The quantitative estimate of drug-likeness (QED) is 0.858. The van der Waals surface area contributed by atoms with Crippen LogP contribution < -0.4 is 10.1 Å². The molecule has 0 unspecified atom stereocenters. The maximum atomic E-state index is 12.4. The number of para-hydroxylation sites is 1. The number of nitrogens with one attached hydrogen (secondary N) is 2. The molecule has 0 radical (unpaired) electrons. The van der Waals surface area contributed by atoms with Crippen molar-refractivity contribution in [3.05, 3.63) is 46.8 Å². The van der Waals surface area contributed by atoms with Crippen LogP contribution >= 0.6 is 0 Å². The summed E-state index contributed by atoms with van der Waals surface area (Å²) in [5.41, 5.74) is 4.10. The molecule has 0 aliphatic heterocycles. The topological polar surface area (TPSA) is 67.0 Å². The minimum absolute atomic E-state index is 0.0240. The zero-order valence-electron chi connectivity index (χ0n) is 14.4. The van der Waals surface area contributed by atoms with E-state index >= 15 is 0 Å². The van der Waals surface area contributed by atoms with E-state index in [4.69, 9.17) is 4.74 Å². The number of aromatic amines is 1. The monoisotopic (exact) mass is 315 g/mol. The van der Waals surface area contributed by atoms with E-state index in [1.807, 2.05) is 45.0 Å². The van der Waals surface area contributed by atoms with Gasteiger partial charge in [-0.3, -0.25) is 9.89 Å². The first-order valence-corrected chi connectivity index (χ1v) is 7.87. The summed E-state index contributed by atoms with van der Waals surface area (Å²) in [6.07, 6.45) is 0.431. The molecule has 1 aromatic heterocycles. The van der Waals surface area contributed by atoms with E-state index in [9.17, 15) is 4.79 Å². The van der Waals surface area contributed by atoms with Gasteiger partial charge in [0.2, 0.25) is 5.91 Å². The van der Waals surface area contributed by atoms with Gasteiger partial charge in [0.25, 0.3) is 0 Å². The fourth-order valence-corrected chi connectivity index (χ4v) is 3.07. The summed E-state index contributed by atoms with van der Waals surface area (Å²) in [7, 11) is 1.64. The third-order valence-corrected chi connectivity index (χ3v) is 4.15. The first kappa shape index (κ1) is 17.1. The van der Waals surface area contributed by atoms with E-state index in [1.165, 1.54) is 0 Å². The molecule has 0 aliphatic rings. The van der Waals surface area contributed by atoms with Crippen molar-refractivity contribution < 1.29 is 9.53 Å². The second-order valence-corrected chi connectivity index (χ2v) is 5.98. The van der Waals surface area contributed by atoms with Crippen LogP contribution in [0.1, 0.15) is 54.7 Å². The molecule has 0 saturated carbocycles. The van der Waals surface area contributed by atoms with Gasteiger partial charge in [0.15, 0.2) is 0 Å². The SMILES string of the molecule is COc1ccccc1[C@H](C)NC(=O)C[C@@H](C)c1c(C)n[nH]c1C. The summed E-state index contributed by atoms with van der Waals surface area (Å²) < 4.78 is 5.36. The van der Waals surface area contributed by atoms with Gasteiger partial charge in [0, 0.05) is 17.7 Å². The molecular weight excluding hydrogens is 290 g/mol. The molecule has 2 aromatic rings. The average molecular weight is 315 g/mol. The van der Waals surface area contributed by atoms with E-state index in [-0.39, 0.29) is 17.9 Å². The van der Waals surface area contributed by atoms with Crippen LogP contribution in [0.3, 0.4) is 0 Å². The molecule has 5 heteroatoms. The summed E-state index contributed by atoms with van der Waals surface area (Å²) in [5, 5.41) is 10.2. The van der Waals surface area contributed by atoms with Crippen molar-refractivity contribution in [3.8, 4) is 5.75 Å². The van der Waals surface area contributed by atoms with Crippen LogP contribution in [0, 0.1) is 13.8 Å². The molecule has 2 atom stereocenters. The molecule has 1 heterocycles. The first-order valence-electron chi connectivity index (χ1n) is 7.87. The molecule has 1 aromatic carbocycles. The third-order valence-electron chi connectivity index (χ3n) is 4.15. The minimum atomic E-state index is -0.0996. The van der Waals surface area contributed by atoms with Gasteiger partial charge in [-0.1, -0.05) is 25.1 Å². The highest BCUT2D eigenvalue weighted by molar-refractivity contribution is 5.77. The fraction of sp³-hybridized carbons (Fsp3) is 0.444. The minimum Gasteiger partial charge on any atom is -0.496 e. The number of carbonyl (C=O) groups is 1. The molecule has 2 rings (SSSR count). The maximum absolute atomic E-state index is 12.4. The molecule has 0 saturated heterocycles. The molecule has 0 aliphatic carbocycles. The van der Waals surface area contributed by atoms with Crippen LogP contribution in [-0.4, -0.2) is 23.2 Å². The Morgan fingerprint density at radius 2 is 2.00 bits per heavy atom. The van der Waals surface area contributed by atoms with Crippen molar-refractivity contribution in [1.29, 1.82) is 0 Å². The summed E-state index contributed by atoms with van der Waals surface area (Å²) in [6.45, 7) is 7.97. The molecule has 0 fully saturated rings. The van der Waals surface area contributed by atoms with Crippen LogP contribution in [0.25, 0.3) is 0 Å². The Bertz CT molecular complexity index is 659. The van der Waals surface area contributed by atoms with Crippen molar-refractivity contribution >= 4 is 5.91 Å². The average Bonchev–Trinajstić information content (AvgIpc) is 2.85. The maximum Gasteiger partial charge on any atom is 0.221 e. The molecule has 2 N–H and O–H groups in total. The number of amides is 1. The summed E-state index contributed by atoms with van der Waals surface area (Å²) in [4.78, 5) is 12.4. The smallest absolute Gasteiger partial charge is 0.221 e. The van der Waals surface area contributed by atoms with Gasteiger partial charge in [-0.2, -0.15) is 5.10 Å². The lowest BCUT2D eigenvalue weighted by Crippen LogP contribution is -2.28. The first-order chi connectivity index (χ1) is 10.9. The summed E-state index contributed by atoms with van der Waals surface area (Å²) >= 11 is 0. The third kappa shape index (κ3) is 3.92. The van der Waals surface area contributed by atoms with Crippen LogP contribution in [-0.2, 0) is 4.79 Å². The van der Waals surface area contributed by atoms with Crippen molar-refractivity contribution in [2.75, 3.05) is 7.11 Å². The number of hydrogen-bond acceptors (Lipinski definition) is 3. The van der Waals surface area contributed by atoms with Crippen LogP contribution in [0.15, 0.2) is 24.3 Å². The summed E-state index contributed by atoms with van der Waals surface area (Å²) in [5.74, 6) is 0.935. The summed E-state index contributed by atoms with van der Waals surface area (Å²) in [6, 6.07) is 7.64. The predicted octanol–water partition coefficient (Wildman–Crippen LogP) is 3.41. The Balaban J connectivity index is 2.02. The van der Waals surface area contributed by atoms with Gasteiger partial charge >= 0.3 is 0 Å².